The summed E-state index contributed by atoms with van der Waals surface area (Å²) in [6, 6.07) is 17.4. The number of ether oxygens (including phenoxy) is 1. The lowest BCUT2D eigenvalue weighted by Crippen LogP contribution is -2.25. The van der Waals surface area contributed by atoms with Crippen molar-refractivity contribution < 1.29 is 14.3 Å². The standard InChI is InChI=1S/C22H21N3O3/c1-2-28-18-11-9-17(10-12-18)21(26)25-20-8-4-3-7-19(20)22(27)24-15-16-6-5-13-23-14-16/h3-14H,2,15H2,1H3,(H,24,27)(H,25,26). The largest absolute Gasteiger partial charge is 0.494 e. The van der Waals surface area contributed by atoms with Gasteiger partial charge in [0, 0.05) is 24.5 Å². The molecule has 0 aliphatic heterocycles. The molecule has 6 nitrogen and oxygen atoms in total. The quantitative estimate of drug-likeness (QED) is 0.660. The van der Waals surface area contributed by atoms with Crippen LogP contribution < -0.4 is 15.4 Å². The lowest BCUT2D eigenvalue weighted by molar-refractivity contribution is 0.0951. The molecule has 1 aromatic heterocycles. The third-order valence-corrected chi connectivity index (χ3v) is 4.02. The van der Waals surface area contributed by atoms with Crippen LogP contribution in [-0.2, 0) is 6.54 Å². The van der Waals surface area contributed by atoms with E-state index in [2.05, 4.69) is 15.6 Å². The fourth-order valence-electron chi connectivity index (χ4n) is 2.63. The second kappa shape index (κ2) is 9.32. The van der Waals surface area contributed by atoms with Crippen LogP contribution >= 0.6 is 0 Å². The molecule has 6 heteroatoms. The van der Waals surface area contributed by atoms with Crippen molar-refractivity contribution in [3.8, 4) is 5.75 Å². The first-order valence-corrected chi connectivity index (χ1v) is 8.97. The highest BCUT2D eigenvalue weighted by atomic mass is 16.5. The molecule has 0 saturated carbocycles. The van der Waals surface area contributed by atoms with Crippen molar-refractivity contribution in [3.63, 3.8) is 0 Å². The van der Waals surface area contributed by atoms with E-state index >= 15 is 0 Å². The SMILES string of the molecule is CCOc1ccc(C(=O)Nc2ccccc2C(=O)NCc2cccnc2)cc1. The molecular formula is C22H21N3O3. The van der Waals surface area contributed by atoms with Crippen molar-refractivity contribution in [3.05, 3.63) is 89.7 Å². The van der Waals surface area contributed by atoms with Gasteiger partial charge in [0.15, 0.2) is 0 Å². The third kappa shape index (κ3) is 4.94. The first-order valence-electron chi connectivity index (χ1n) is 8.97. The van der Waals surface area contributed by atoms with E-state index in [1.165, 1.54) is 0 Å². The van der Waals surface area contributed by atoms with Gasteiger partial charge in [0.25, 0.3) is 11.8 Å². The van der Waals surface area contributed by atoms with Crippen LogP contribution in [0.15, 0.2) is 73.1 Å². The van der Waals surface area contributed by atoms with Crippen molar-refractivity contribution in [1.82, 2.24) is 10.3 Å². The van der Waals surface area contributed by atoms with Crippen LogP contribution in [-0.4, -0.2) is 23.4 Å². The lowest BCUT2D eigenvalue weighted by atomic mass is 10.1. The molecule has 0 aliphatic carbocycles. The molecule has 0 aliphatic rings. The zero-order chi connectivity index (χ0) is 19.8. The maximum Gasteiger partial charge on any atom is 0.255 e. The Balaban J connectivity index is 1.69. The average molecular weight is 375 g/mol. The van der Waals surface area contributed by atoms with E-state index < -0.39 is 0 Å². The molecule has 0 unspecified atom stereocenters. The summed E-state index contributed by atoms with van der Waals surface area (Å²) >= 11 is 0. The molecule has 0 atom stereocenters. The predicted octanol–water partition coefficient (Wildman–Crippen LogP) is 3.66. The molecule has 1 heterocycles. The lowest BCUT2D eigenvalue weighted by Gasteiger charge is -2.12. The number of nitrogens with one attached hydrogen (secondary N) is 2. The molecule has 0 saturated heterocycles. The number of aromatic nitrogens is 1. The number of pyridine rings is 1. The Hall–Kier alpha value is -3.67. The Labute approximate surface area is 163 Å². The molecule has 142 valence electrons. The Morgan fingerprint density at radius 1 is 0.964 bits per heavy atom. The summed E-state index contributed by atoms with van der Waals surface area (Å²) in [6.07, 6.45) is 3.37. The van der Waals surface area contributed by atoms with Gasteiger partial charge in [0.1, 0.15) is 5.75 Å². The number of hydrogen-bond acceptors (Lipinski definition) is 4. The van der Waals surface area contributed by atoms with E-state index in [0.29, 0.717) is 35.7 Å². The van der Waals surface area contributed by atoms with Crippen LogP contribution in [0.25, 0.3) is 0 Å². The minimum atomic E-state index is -0.296. The van der Waals surface area contributed by atoms with E-state index in [4.69, 9.17) is 4.74 Å². The summed E-state index contributed by atoms with van der Waals surface area (Å²) in [5, 5.41) is 5.65. The number of anilines is 1. The molecule has 0 fully saturated rings. The van der Waals surface area contributed by atoms with Crippen LogP contribution in [0, 0.1) is 0 Å². The minimum Gasteiger partial charge on any atom is -0.494 e. The van der Waals surface area contributed by atoms with E-state index in [1.54, 1.807) is 60.9 Å². The predicted molar refractivity (Wildman–Crippen MR) is 107 cm³/mol. The van der Waals surface area contributed by atoms with Crippen molar-refractivity contribution in [2.75, 3.05) is 11.9 Å². The number of nitrogens with zero attached hydrogens (tertiary/aromatic N) is 1. The van der Waals surface area contributed by atoms with Gasteiger partial charge in [-0.15, -0.1) is 0 Å². The Kier molecular flexibility index (Phi) is 6.36. The summed E-state index contributed by atoms with van der Waals surface area (Å²) in [5.41, 5.74) is 2.22. The fourth-order valence-corrected chi connectivity index (χ4v) is 2.63. The number of benzene rings is 2. The first kappa shape index (κ1) is 19.1. The molecule has 2 aromatic carbocycles. The number of para-hydroxylation sites is 1. The molecular weight excluding hydrogens is 354 g/mol. The smallest absolute Gasteiger partial charge is 0.255 e. The van der Waals surface area contributed by atoms with E-state index in [0.717, 1.165) is 5.56 Å². The van der Waals surface area contributed by atoms with Gasteiger partial charge in [0.2, 0.25) is 0 Å². The Morgan fingerprint density at radius 2 is 1.75 bits per heavy atom. The fraction of sp³-hybridized carbons (Fsp3) is 0.136. The topological polar surface area (TPSA) is 80.3 Å². The molecule has 3 aromatic rings. The highest BCUT2D eigenvalue weighted by Gasteiger charge is 2.14. The van der Waals surface area contributed by atoms with Gasteiger partial charge in [-0.25, -0.2) is 0 Å². The molecule has 3 rings (SSSR count). The highest BCUT2D eigenvalue weighted by molar-refractivity contribution is 6.09. The molecule has 2 N–H and O–H groups in total. The zero-order valence-electron chi connectivity index (χ0n) is 15.5. The van der Waals surface area contributed by atoms with Gasteiger partial charge in [-0.2, -0.15) is 0 Å². The zero-order valence-corrected chi connectivity index (χ0v) is 15.5. The van der Waals surface area contributed by atoms with Gasteiger partial charge in [-0.1, -0.05) is 18.2 Å². The highest BCUT2D eigenvalue weighted by Crippen LogP contribution is 2.18. The van der Waals surface area contributed by atoms with E-state index in [1.807, 2.05) is 19.1 Å². The maximum absolute atomic E-state index is 12.6. The van der Waals surface area contributed by atoms with E-state index in [9.17, 15) is 9.59 Å². The summed E-state index contributed by atoms with van der Waals surface area (Å²) in [5.74, 6) is 0.135. The summed E-state index contributed by atoms with van der Waals surface area (Å²) < 4.78 is 5.38. The second-order valence-corrected chi connectivity index (χ2v) is 6.00. The van der Waals surface area contributed by atoms with Crippen LogP contribution in [0.5, 0.6) is 5.75 Å². The maximum atomic E-state index is 12.6. The molecule has 28 heavy (non-hydrogen) atoms. The summed E-state index contributed by atoms with van der Waals surface area (Å²) in [6.45, 7) is 2.82. The van der Waals surface area contributed by atoms with Crippen LogP contribution in [0.3, 0.4) is 0 Å². The number of rotatable bonds is 7. The molecule has 0 spiro atoms. The minimum absolute atomic E-state index is 0.272. The Morgan fingerprint density at radius 3 is 2.46 bits per heavy atom. The van der Waals surface area contributed by atoms with Crippen LogP contribution in [0.4, 0.5) is 5.69 Å². The van der Waals surface area contributed by atoms with Crippen molar-refractivity contribution in [2.45, 2.75) is 13.5 Å². The Bertz CT molecular complexity index is 941. The second-order valence-electron chi connectivity index (χ2n) is 6.00. The van der Waals surface area contributed by atoms with Gasteiger partial charge in [-0.3, -0.25) is 14.6 Å². The third-order valence-electron chi connectivity index (χ3n) is 4.02. The van der Waals surface area contributed by atoms with Crippen LogP contribution in [0.2, 0.25) is 0 Å². The molecule has 0 radical (unpaired) electrons. The van der Waals surface area contributed by atoms with Gasteiger partial charge >= 0.3 is 0 Å². The van der Waals surface area contributed by atoms with Gasteiger partial charge in [-0.05, 0) is 55.0 Å². The van der Waals surface area contributed by atoms with Gasteiger partial charge < -0.3 is 15.4 Å². The number of amides is 2. The monoisotopic (exact) mass is 375 g/mol. The van der Waals surface area contributed by atoms with Gasteiger partial charge in [0.05, 0.1) is 17.9 Å². The van der Waals surface area contributed by atoms with E-state index in [-0.39, 0.29) is 11.8 Å². The normalized spacial score (nSPS) is 10.2. The summed E-state index contributed by atoms with van der Waals surface area (Å²) in [7, 11) is 0. The summed E-state index contributed by atoms with van der Waals surface area (Å²) in [4.78, 5) is 29.1. The number of hydrogen-bond donors (Lipinski definition) is 2. The number of carbonyl (C=O) groups excluding carboxylic acids is 2. The van der Waals surface area contributed by atoms with Crippen molar-refractivity contribution in [1.29, 1.82) is 0 Å². The first-order chi connectivity index (χ1) is 13.7. The number of carbonyl (C=O) groups is 2. The van der Waals surface area contributed by atoms with Crippen molar-refractivity contribution in [2.24, 2.45) is 0 Å². The van der Waals surface area contributed by atoms with Crippen LogP contribution in [0.1, 0.15) is 33.2 Å². The molecule has 2 amide bonds. The van der Waals surface area contributed by atoms with Crippen molar-refractivity contribution >= 4 is 17.5 Å². The molecule has 0 bridgehead atoms. The average Bonchev–Trinajstić information content (AvgIpc) is 2.74.